The van der Waals surface area contributed by atoms with Crippen LogP contribution in [0.5, 0.6) is 0 Å². The number of aromatic nitrogens is 6. The second kappa shape index (κ2) is 21.0. The summed E-state index contributed by atoms with van der Waals surface area (Å²) in [7, 11) is 14.9. The molecule has 0 saturated heterocycles. The number of rotatable bonds is 19. The zero-order chi connectivity index (χ0) is 50.4. The summed E-state index contributed by atoms with van der Waals surface area (Å²) in [6, 6.07) is 7.71. The van der Waals surface area contributed by atoms with E-state index in [4.69, 9.17) is 10.5 Å². The van der Waals surface area contributed by atoms with Crippen molar-refractivity contribution in [3.05, 3.63) is 113 Å². The first-order valence-corrected chi connectivity index (χ1v) is 21.5. The van der Waals surface area contributed by atoms with Gasteiger partial charge in [0.2, 0.25) is 5.91 Å². The van der Waals surface area contributed by atoms with E-state index in [1.165, 1.54) is 72.7 Å². The molecule has 0 bridgehead atoms. The zero-order valence-corrected chi connectivity index (χ0v) is 39.7. The Kier molecular flexibility index (Phi) is 15.2. The number of amides is 6. The van der Waals surface area contributed by atoms with Crippen LogP contribution >= 0.6 is 0 Å². The Hall–Kier alpha value is -8.44. The lowest BCUT2D eigenvalue weighted by atomic mass is 10.1. The van der Waals surface area contributed by atoms with Crippen LogP contribution in [0.3, 0.4) is 0 Å². The van der Waals surface area contributed by atoms with Gasteiger partial charge in [-0.1, -0.05) is 0 Å². The molecule has 6 rings (SSSR count). The molecule has 0 spiro atoms. The van der Waals surface area contributed by atoms with Crippen molar-refractivity contribution in [3.8, 4) is 0 Å². The van der Waals surface area contributed by atoms with E-state index in [-0.39, 0.29) is 52.2 Å². The fourth-order valence-electron chi connectivity index (χ4n) is 7.42. The molecule has 6 heterocycles. The van der Waals surface area contributed by atoms with E-state index in [0.717, 1.165) is 6.54 Å². The topological polar surface area (TPSA) is 277 Å². The average molecular weight is 949 g/mol. The highest BCUT2D eigenvalue weighted by Gasteiger charge is 2.23. The number of nitrogens with zero attached hydrogens (tertiary/aromatic N) is 7. The number of nitrogens with two attached hydrogens (primary N) is 1. The normalized spacial score (nSPS) is 11.5. The van der Waals surface area contributed by atoms with Crippen LogP contribution < -0.4 is 37.6 Å². The minimum absolute atomic E-state index is 0.0562. The summed E-state index contributed by atoms with van der Waals surface area (Å²) in [5, 5.41) is 16.3. The second-order valence-corrected chi connectivity index (χ2v) is 16.8. The minimum atomic E-state index is -1.20. The number of ketones is 1. The lowest BCUT2D eigenvalue weighted by Gasteiger charge is -2.12. The molecule has 364 valence electrons. The van der Waals surface area contributed by atoms with Crippen molar-refractivity contribution in [2.45, 2.75) is 18.9 Å². The van der Waals surface area contributed by atoms with Gasteiger partial charge in [-0.25, -0.2) is 4.79 Å². The molecule has 23 heteroatoms. The number of esters is 1. The molecule has 0 aliphatic heterocycles. The molecule has 6 aromatic rings. The van der Waals surface area contributed by atoms with Gasteiger partial charge in [-0.15, -0.1) is 0 Å². The highest BCUT2D eigenvalue weighted by molar-refractivity contribution is 6.09. The van der Waals surface area contributed by atoms with E-state index in [0.29, 0.717) is 41.2 Å². The summed E-state index contributed by atoms with van der Waals surface area (Å²) < 4.78 is 13.9. The van der Waals surface area contributed by atoms with Gasteiger partial charge in [0.1, 0.15) is 40.2 Å². The number of methoxy groups -OCH3 is 1. The Labute approximate surface area is 396 Å². The van der Waals surface area contributed by atoms with Crippen molar-refractivity contribution < 1.29 is 43.1 Å². The lowest BCUT2D eigenvalue weighted by molar-refractivity contribution is -0.117. The second-order valence-electron chi connectivity index (χ2n) is 16.8. The van der Waals surface area contributed by atoms with Gasteiger partial charge in [0.25, 0.3) is 29.5 Å². The Balaban J connectivity index is 0.978. The Morgan fingerprint density at radius 1 is 0.522 bits per heavy atom. The SMILES string of the molecule is COC(=O)c1cc(NC(=O)c2cc(NC(=O)c3cc(NC(=O)[C@H](N)CNC(=O)c4cc(NC(=O)c5cc(NC(=O)c6cc(C(=O)CCCN(C)C)cn6C)cn5C)cn4C)cn3C)cn2C)cn1C. The maximum atomic E-state index is 13.3. The number of hydrogen-bond donors (Lipinski definition) is 7. The van der Waals surface area contributed by atoms with E-state index in [9.17, 15) is 38.4 Å². The van der Waals surface area contributed by atoms with E-state index in [1.54, 1.807) is 77.7 Å². The average Bonchev–Trinajstić information content (AvgIpc) is 4.15. The van der Waals surface area contributed by atoms with E-state index < -0.39 is 47.5 Å². The summed E-state index contributed by atoms with van der Waals surface area (Å²) in [5.41, 5.74) is 9.47. The third-order valence-electron chi connectivity index (χ3n) is 11.0. The van der Waals surface area contributed by atoms with Gasteiger partial charge in [0.15, 0.2) is 5.78 Å². The molecule has 1 atom stereocenters. The van der Waals surface area contributed by atoms with Gasteiger partial charge in [-0.3, -0.25) is 33.6 Å². The van der Waals surface area contributed by atoms with Crippen LogP contribution in [0.1, 0.15) is 86.1 Å². The molecule has 0 aliphatic carbocycles. The molecule has 0 fully saturated rings. The van der Waals surface area contributed by atoms with Crippen molar-refractivity contribution in [2.75, 3.05) is 60.9 Å². The molecular weight excluding hydrogens is 893 g/mol. The van der Waals surface area contributed by atoms with Crippen LogP contribution in [0.15, 0.2) is 73.6 Å². The molecule has 8 N–H and O–H groups in total. The maximum absolute atomic E-state index is 13.3. The predicted octanol–water partition coefficient (Wildman–Crippen LogP) is 2.73. The molecular formula is C46H56N14O9. The van der Waals surface area contributed by atoms with E-state index in [1.807, 2.05) is 19.0 Å². The fraction of sp³-hybridized carbons (Fsp3) is 0.304. The van der Waals surface area contributed by atoms with Gasteiger partial charge in [0.05, 0.1) is 35.5 Å². The first kappa shape index (κ1) is 50.0. The van der Waals surface area contributed by atoms with Gasteiger partial charge < -0.3 is 74.7 Å². The van der Waals surface area contributed by atoms with Crippen LogP contribution in [-0.2, 0) is 51.8 Å². The Bertz CT molecular complexity index is 2970. The summed E-state index contributed by atoms with van der Waals surface area (Å²) in [4.78, 5) is 106. The predicted molar refractivity (Wildman–Crippen MR) is 257 cm³/mol. The Morgan fingerprint density at radius 2 is 0.870 bits per heavy atom. The largest absolute Gasteiger partial charge is 0.464 e. The summed E-state index contributed by atoms with van der Waals surface area (Å²) in [6.45, 7) is 0.514. The zero-order valence-electron chi connectivity index (χ0n) is 39.7. The fourth-order valence-corrected chi connectivity index (χ4v) is 7.42. The molecule has 0 unspecified atom stereocenters. The van der Waals surface area contributed by atoms with Crippen molar-refractivity contribution in [1.82, 2.24) is 37.6 Å². The quantitative estimate of drug-likeness (QED) is 0.0458. The van der Waals surface area contributed by atoms with Gasteiger partial charge in [-0.2, -0.15) is 0 Å². The summed E-state index contributed by atoms with van der Waals surface area (Å²) >= 11 is 0. The number of ether oxygens (including phenoxy) is 1. The molecule has 0 saturated carbocycles. The van der Waals surface area contributed by atoms with Crippen molar-refractivity contribution >= 4 is 75.6 Å². The maximum Gasteiger partial charge on any atom is 0.354 e. The molecule has 0 aromatic carbocycles. The van der Waals surface area contributed by atoms with Crippen LogP contribution in [0.2, 0.25) is 0 Å². The number of hydrogen-bond acceptors (Lipinski definition) is 11. The van der Waals surface area contributed by atoms with Crippen LogP contribution in [0.25, 0.3) is 0 Å². The number of carbonyl (C=O) groups excluding carboxylic acids is 8. The van der Waals surface area contributed by atoms with Crippen molar-refractivity contribution in [3.63, 3.8) is 0 Å². The highest BCUT2D eigenvalue weighted by atomic mass is 16.5. The lowest BCUT2D eigenvalue weighted by Crippen LogP contribution is -2.45. The third-order valence-corrected chi connectivity index (χ3v) is 11.0. The van der Waals surface area contributed by atoms with Crippen molar-refractivity contribution in [2.24, 2.45) is 48.0 Å². The monoisotopic (exact) mass is 948 g/mol. The van der Waals surface area contributed by atoms with Crippen LogP contribution in [0, 0.1) is 0 Å². The first-order chi connectivity index (χ1) is 32.6. The van der Waals surface area contributed by atoms with Crippen LogP contribution in [0.4, 0.5) is 28.4 Å². The highest BCUT2D eigenvalue weighted by Crippen LogP contribution is 2.22. The first-order valence-electron chi connectivity index (χ1n) is 21.5. The molecule has 6 amide bonds. The third kappa shape index (κ3) is 11.9. The smallest absolute Gasteiger partial charge is 0.354 e. The van der Waals surface area contributed by atoms with E-state index >= 15 is 0 Å². The van der Waals surface area contributed by atoms with Crippen molar-refractivity contribution in [1.29, 1.82) is 0 Å². The van der Waals surface area contributed by atoms with Gasteiger partial charge >= 0.3 is 5.97 Å². The van der Waals surface area contributed by atoms with E-state index in [2.05, 4.69) is 31.9 Å². The number of carbonyl (C=O) groups is 8. The number of Topliss-reactive ketones (excluding diaryl/α,β-unsaturated/α-hetero) is 1. The molecule has 0 aliphatic rings. The van der Waals surface area contributed by atoms with Crippen LogP contribution in [-0.4, -0.2) is 120 Å². The Morgan fingerprint density at radius 3 is 1.28 bits per heavy atom. The van der Waals surface area contributed by atoms with Gasteiger partial charge in [0, 0.05) is 98.0 Å². The molecule has 23 nitrogen and oxygen atoms in total. The summed E-state index contributed by atoms with van der Waals surface area (Å²) in [6.07, 6.45) is 10.4. The number of nitrogens with one attached hydrogen (secondary N) is 6. The number of anilines is 5. The van der Waals surface area contributed by atoms with Gasteiger partial charge in [-0.05, 0) is 63.5 Å². The minimum Gasteiger partial charge on any atom is -0.464 e. The molecule has 69 heavy (non-hydrogen) atoms. The summed E-state index contributed by atoms with van der Waals surface area (Å²) in [5.74, 6) is -3.83. The standard InChI is InChI=1S/C46H56N14O9/c1-54(2)12-10-11-39(61)26-13-33(55(3)20-26)42(64)50-29-16-36(58(6)23-29)44(66)51-28-14-34(56(4)22-28)41(63)48-19-32(47)40(62)49-27-15-35(57(5)21-27)43(65)52-30-17-37(59(7)24-30)45(67)53-31-18-38(46(68)69-9)60(8)25-31/h13-18,20-25,32H,10-12,19,47H2,1-9H3,(H,48,63)(H,49,62)(H,50,64)(H,51,66)(H,52,65)(H,53,67)/t32-/m1/s1. The number of aryl methyl sites for hydroxylation is 6. The molecule has 6 aromatic heterocycles. The molecule has 0 radical (unpaired) electrons.